The predicted molar refractivity (Wildman–Crippen MR) is 61.6 cm³/mol. The Bertz CT molecular complexity index is 691. The maximum atomic E-state index is 11.7. The van der Waals surface area contributed by atoms with Crippen LogP contribution in [-0.2, 0) is 9.30 Å². The number of hydrogen-bond acceptors (Lipinski definition) is 9. The zero-order valence-electron chi connectivity index (χ0n) is 10.3. The third-order valence-corrected chi connectivity index (χ3v) is 3.91. The third kappa shape index (κ3) is 2.85. The van der Waals surface area contributed by atoms with E-state index in [-0.39, 0.29) is 4.57 Å². The van der Waals surface area contributed by atoms with Crippen molar-refractivity contribution in [2.24, 2.45) is 0 Å². The molecule has 0 unspecified atom stereocenters. The number of H-pyrrole nitrogens is 1. The van der Waals surface area contributed by atoms with E-state index in [1.807, 2.05) is 0 Å². The second-order valence-corrected chi connectivity index (χ2v) is 5.85. The number of aliphatic hydroxyl groups excluding tert-OH is 3. The lowest BCUT2D eigenvalue weighted by Gasteiger charge is -2.33. The highest BCUT2D eigenvalue weighted by atomic mass is 31.2. The first-order valence-electron chi connectivity index (χ1n) is 5.67. The Hall–Kier alpha value is -1.33. The van der Waals surface area contributed by atoms with Crippen molar-refractivity contribution >= 4 is 13.0 Å². The van der Waals surface area contributed by atoms with E-state index in [4.69, 9.17) is 9.84 Å². The fraction of sp³-hybridized carbons (Fsp3) is 0.556. The molecule has 0 aromatic carbocycles. The summed E-state index contributed by atoms with van der Waals surface area (Å²) in [4.78, 5) is 46.9. The Kier molecular flexibility index (Phi) is 4.17. The summed E-state index contributed by atoms with van der Waals surface area (Å²) < 4.78 is 16.4. The van der Waals surface area contributed by atoms with Crippen LogP contribution in [0.2, 0.25) is 0 Å². The van der Waals surface area contributed by atoms with E-state index in [1.54, 1.807) is 4.98 Å². The van der Waals surface area contributed by atoms with Crippen molar-refractivity contribution in [2.75, 3.05) is 6.61 Å². The highest BCUT2D eigenvalue weighted by molar-refractivity contribution is 7.57. The van der Waals surface area contributed by atoms with Crippen molar-refractivity contribution in [2.45, 2.75) is 24.5 Å². The van der Waals surface area contributed by atoms with Gasteiger partial charge in [-0.25, -0.2) is 4.79 Å². The van der Waals surface area contributed by atoms with Crippen LogP contribution in [0.1, 0.15) is 6.23 Å². The molecule has 4 atom stereocenters. The molecule has 2 heterocycles. The largest absolute Gasteiger partial charge is 0.806 e. The van der Waals surface area contributed by atoms with Crippen LogP contribution < -0.4 is 26.5 Å². The fourth-order valence-electron chi connectivity index (χ4n) is 2.04. The minimum absolute atomic E-state index is 0.228. The summed E-state index contributed by atoms with van der Waals surface area (Å²) in [5.41, 5.74) is -3.62. The second-order valence-electron chi connectivity index (χ2n) is 4.39. The molecule has 12 heteroatoms. The predicted octanol–water partition coefficient (Wildman–Crippen LogP) is -5.31. The Labute approximate surface area is 116 Å². The van der Waals surface area contributed by atoms with Crippen LogP contribution in [0.3, 0.4) is 0 Å². The number of aliphatic hydroxyl groups is 3. The Balaban J connectivity index is 2.62. The highest BCUT2D eigenvalue weighted by Gasteiger charge is 2.44. The summed E-state index contributed by atoms with van der Waals surface area (Å²) in [6, 6.07) is 0.372. The highest BCUT2D eigenvalue weighted by Crippen LogP contribution is 2.30. The van der Waals surface area contributed by atoms with Crippen LogP contribution in [0.4, 0.5) is 0 Å². The van der Waals surface area contributed by atoms with E-state index in [0.717, 1.165) is 0 Å². The topological polar surface area (TPSA) is 188 Å². The third-order valence-electron chi connectivity index (χ3n) is 3.01. The summed E-state index contributed by atoms with van der Waals surface area (Å²) in [7, 11) is -5.53. The van der Waals surface area contributed by atoms with E-state index in [9.17, 15) is 34.2 Å². The van der Waals surface area contributed by atoms with Gasteiger partial charge >= 0.3 is 5.69 Å². The average molecular weight is 322 g/mol. The zero-order valence-corrected chi connectivity index (χ0v) is 11.2. The molecule has 118 valence electrons. The first-order chi connectivity index (χ1) is 9.66. The number of aromatic amines is 1. The van der Waals surface area contributed by atoms with Crippen LogP contribution >= 0.6 is 7.60 Å². The standard InChI is InChI=1S/C9H13N2O9P/c12-2-3-6(14)7(15)8(20-3)11-5(21(17,18)19)1-4(13)10-9(11)16/h1,3,6-8,12,14-15H,2H2,(H,10,13,16)(H2,17,18,19)/p-2/t3-,6-,7-,8-/m1/s1. The van der Waals surface area contributed by atoms with Crippen molar-refractivity contribution in [3.8, 4) is 0 Å². The van der Waals surface area contributed by atoms with Gasteiger partial charge in [0.25, 0.3) is 5.56 Å². The number of aromatic nitrogens is 2. The summed E-state index contributed by atoms with van der Waals surface area (Å²) in [5, 5.41) is 28.3. The molecule has 1 aliphatic rings. The quantitative estimate of drug-likeness (QED) is 0.394. The molecule has 0 radical (unpaired) electrons. The van der Waals surface area contributed by atoms with Gasteiger partial charge in [-0.05, 0) is 7.60 Å². The summed E-state index contributed by atoms with van der Waals surface area (Å²) in [6.07, 6.45) is -6.41. The molecule has 0 saturated carbocycles. The normalized spacial score (nSPS) is 29.8. The molecule has 1 aromatic heterocycles. The lowest BCUT2D eigenvalue weighted by atomic mass is 10.1. The summed E-state index contributed by atoms with van der Waals surface area (Å²) in [5.74, 6) is 0. The number of hydrogen-bond donors (Lipinski definition) is 4. The van der Waals surface area contributed by atoms with Gasteiger partial charge in [-0.2, -0.15) is 0 Å². The van der Waals surface area contributed by atoms with Gasteiger partial charge in [0.05, 0.1) is 12.0 Å². The molecular weight excluding hydrogens is 311 g/mol. The van der Waals surface area contributed by atoms with E-state index < -0.39 is 55.4 Å². The minimum atomic E-state index is -5.53. The van der Waals surface area contributed by atoms with Crippen molar-refractivity contribution in [1.29, 1.82) is 0 Å². The number of ether oxygens (including phenoxy) is 1. The molecule has 0 bridgehead atoms. The molecule has 1 aliphatic heterocycles. The number of rotatable bonds is 3. The maximum Gasteiger partial charge on any atom is 0.331 e. The molecule has 0 amide bonds. The van der Waals surface area contributed by atoms with E-state index in [2.05, 4.69) is 0 Å². The smallest absolute Gasteiger partial charge is 0.331 e. The van der Waals surface area contributed by atoms with Crippen molar-refractivity contribution in [3.05, 3.63) is 26.9 Å². The van der Waals surface area contributed by atoms with Crippen LogP contribution in [0, 0.1) is 0 Å². The fourth-order valence-corrected chi connectivity index (χ4v) is 2.79. The first-order valence-corrected chi connectivity index (χ1v) is 7.22. The maximum absolute atomic E-state index is 11.7. The summed E-state index contributed by atoms with van der Waals surface area (Å²) >= 11 is 0. The molecule has 0 spiro atoms. The molecule has 1 aromatic rings. The van der Waals surface area contributed by atoms with E-state index in [1.165, 1.54) is 0 Å². The molecule has 1 saturated heterocycles. The average Bonchev–Trinajstić information content (AvgIpc) is 2.64. The molecule has 0 aliphatic carbocycles. The second kappa shape index (κ2) is 5.46. The monoisotopic (exact) mass is 322 g/mol. The lowest BCUT2D eigenvalue weighted by molar-refractivity contribution is -0.308. The van der Waals surface area contributed by atoms with Gasteiger partial charge in [0.1, 0.15) is 18.3 Å². The summed E-state index contributed by atoms with van der Waals surface area (Å²) in [6.45, 7) is -0.714. The molecular formula is C9H11N2O9P-2. The van der Waals surface area contributed by atoms with Gasteiger partial charge in [-0.1, -0.05) is 0 Å². The molecule has 4 N–H and O–H groups in total. The van der Waals surface area contributed by atoms with E-state index >= 15 is 0 Å². The Morgan fingerprint density at radius 2 is 1.95 bits per heavy atom. The van der Waals surface area contributed by atoms with Gasteiger partial charge in [-0.3, -0.25) is 14.3 Å². The van der Waals surface area contributed by atoms with Gasteiger partial charge in [-0.15, -0.1) is 0 Å². The van der Waals surface area contributed by atoms with Gasteiger partial charge in [0, 0.05) is 6.07 Å². The molecule has 21 heavy (non-hydrogen) atoms. The molecule has 2 rings (SSSR count). The van der Waals surface area contributed by atoms with Gasteiger partial charge in [0.2, 0.25) is 0 Å². The van der Waals surface area contributed by atoms with Crippen LogP contribution in [0.25, 0.3) is 0 Å². The first kappa shape index (κ1) is 16.0. The van der Waals surface area contributed by atoms with Crippen molar-refractivity contribution < 1.29 is 34.4 Å². The Morgan fingerprint density at radius 1 is 1.33 bits per heavy atom. The van der Waals surface area contributed by atoms with Gasteiger partial charge < -0.3 is 34.4 Å². The van der Waals surface area contributed by atoms with Crippen LogP contribution in [-0.4, -0.2) is 49.8 Å². The van der Waals surface area contributed by atoms with Crippen molar-refractivity contribution in [1.82, 2.24) is 9.55 Å². The minimum Gasteiger partial charge on any atom is -0.806 e. The lowest BCUT2D eigenvalue weighted by Crippen LogP contribution is -2.48. The van der Waals surface area contributed by atoms with Crippen molar-refractivity contribution in [3.63, 3.8) is 0 Å². The molecule has 1 fully saturated rings. The number of nitrogens with zero attached hydrogens (tertiary/aromatic N) is 1. The number of nitrogens with one attached hydrogen (secondary N) is 1. The van der Waals surface area contributed by atoms with Gasteiger partial charge in [0.15, 0.2) is 6.23 Å². The zero-order chi connectivity index (χ0) is 15.9. The van der Waals surface area contributed by atoms with Crippen LogP contribution in [0.5, 0.6) is 0 Å². The Morgan fingerprint density at radius 3 is 2.43 bits per heavy atom. The van der Waals surface area contributed by atoms with Crippen LogP contribution in [0.15, 0.2) is 15.7 Å². The molecule has 11 nitrogen and oxygen atoms in total. The van der Waals surface area contributed by atoms with E-state index in [0.29, 0.717) is 6.07 Å². The SMILES string of the molecule is O=c1cc(P(=O)([O-])[O-])n([C@@H]2O[C@H](CO)[C@@H](O)[C@H]2O)c(=O)[nH]1.